The fourth-order valence-corrected chi connectivity index (χ4v) is 2.77. The van der Waals surface area contributed by atoms with Gasteiger partial charge in [0, 0.05) is 11.8 Å². The topological polar surface area (TPSA) is 79.3 Å². The Kier molecular flexibility index (Phi) is 6.13. The van der Waals surface area contributed by atoms with Crippen molar-refractivity contribution >= 4 is 23.2 Å². The summed E-state index contributed by atoms with van der Waals surface area (Å²) in [7, 11) is 0. The van der Waals surface area contributed by atoms with Crippen molar-refractivity contribution < 1.29 is 14.7 Å². The average molecular weight is 298 g/mol. The third kappa shape index (κ3) is 5.28. The zero-order valence-corrected chi connectivity index (χ0v) is 13.2. The first-order valence-corrected chi connectivity index (χ1v) is 7.65. The smallest absolute Gasteiger partial charge is 0.326 e. The lowest BCUT2D eigenvalue weighted by atomic mass is 10.0. The number of nitrogens with zero attached hydrogens (tertiary/aromatic N) is 1. The van der Waals surface area contributed by atoms with Crippen LogP contribution in [0.5, 0.6) is 0 Å². The van der Waals surface area contributed by atoms with Gasteiger partial charge in [0.2, 0.25) is 0 Å². The van der Waals surface area contributed by atoms with Gasteiger partial charge in [0.05, 0.1) is 5.01 Å². The van der Waals surface area contributed by atoms with Gasteiger partial charge < -0.3 is 10.4 Å². The molecule has 1 amide bonds. The van der Waals surface area contributed by atoms with Crippen molar-refractivity contribution in [2.75, 3.05) is 0 Å². The Morgan fingerprint density at radius 1 is 1.30 bits per heavy atom. The van der Waals surface area contributed by atoms with Crippen LogP contribution in [0.1, 0.15) is 49.6 Å². The van der Waals surface area contributed by atoms with Crippen LogP contribution in [-0.4, -0.2) is 28.0 Å². The summed E-state index contributed by atoms with van der Waals surface area (Å²) in [5.41, 5.74) is 0.306. The Morgan fingerprint density at radius 2 is 1.95 bits per heavy atom. The van der Waals surface area contributed by atoms with Gasteiger partial charge in [-0.2, -0.15) is 0 Å². The quantitative estimate of drug-likeness (QED) is 0.811. The third-order valence-corrected chi connectivity index (χ3v) is 3.55. The second-order valence-corrected chi connectivity index (χ2v) is 6.66. The van der Waals surface area contributed by atoms with Gasteiger partial charge in [0.25, 0.3) is 5.91 Å². The van der Waals surface area contributed by atoms with Crippen molar-refractivity contribution in [1.29, 1.82) is 0 Å². The zero-order chi connectivity index (χ0) is 15.3. The van der Waals surface area contributed by atoms with Crippen LogP contribution in [0.4, 0.5) is 0 Å². The highest BCUT2D eigenvalue weighted by Crippen LogP contribution is 2.15. The Morgan fingerprint density at radius 3 is 2.45 bits per heavy atom. The van der Waals surface area contributed by atoms with Crippen molar-refractivity contribution in [2.45, 2.75) is 46.6 Å². The monoisotopic (exact) mass is 298 g/mol. The second kappa shape index (κ2) is 7.38. The van der Waals surface area contributed by atoms with Crippen molar-refractivity contribution in [3.8, 4) is 0 Å². The average Bonchev–Trinajstić information content (AvgIpc) is 2.74. The van der Waals surface area contributed by atoms with Crippen LogP contribution in [-0.2, 0) is 11.2 Å². The largest absolute Gasteiger partial charge is 0.480 e. The zero-order valence-electron chi connectivity index (χ0n) is 12.3. The second-order valence-electron chi connectivity index (χ2n) is 5.72. The van der Waals surface area contributed by atoms with E-state index < -0.39 is 17.9 Å². The molecule has 5 nitrogen and oxygen atoms in total. The maximum atomic E-state index is 12.0. The van der Waals surface area contributed by atoms with Gasteiger partial charge in [-0.3, -0.25) is 4.79 Å². The minimum atomic E-state index is -1.01. The number of hydrogen-bond donors (Lipinski definition) is 2. The van der Waals surface area contributed by atoms with E-state index in [9.17, 15) is 9.59 Å². The molecule has 0 saturated heterocycles. The summed E-state index contributed by atoms with van der Waals surface area (Å²) in [6, 6.07) is -0.863. The number of carbonyl (C=O) groups is 2. The van der Waals surface area contributed by atoms with E-state index >= 15 is 0 Å². The van der Waals surface area contributed by atoms with Crippen LogP contribution >= 0.6 is 11.3 Å². The van der Waals surface area contributed by atoms with Crippen molar-refractivity contribution in [1.82, 2.24) is 10.3 Å². The summed E-state index contributed by atoms with van der Waals surface area (Å²) < 4.78 is 0. The van der Waals surface area contributed by atoms with Crippen LogP contribution in [0.3, 0.4) is 0 Å². The minimum Gasteiger partial charge on any atom is -0.480 e. The molecule has 0 aliphatic heterocycles. The number of carbonyl (C=O) groups excluding carboxylic acids is 1. The maximum Gasteiger partial charge on any atom is 0.326 e. The lowest BCUT2D eigenvalue weighted by molar-refractivity contribution is -0.139. The molecule has 112 valence electrons. The summed E-state index contributed by atoms with van der Waals surface area (Å²) >= 11 is 1.44. The summed E-state index contributed by atoms with van der Waals surface area (Å²) in [6.07, 6.45) is 1.23. The summed E-state index contributed by atoms with van der Waals surface area (Å²) in [5.74, 6) is -0.748. The molecule has 0 aliphatic rings. The fraction of sp³-hybridized carbons (Fsp3) is 0.643. The Bertz CT molecular complexity index is 469. The molecule has 0 radical (unpaired) electrons. The van der Waals surface area contributed by atoms with Gasteiger partial charge in [-0.1, -0.05) is 27.7 Å². The molecule has 1 rings (SSSR count). The fourth-order valence-electron chi connectivity index (χ4n) is 1.78. The minimum absolute atomic E-state index is 0.198. The highest BCUT2D eigenvalue weighted by atomic mass is 32.1. The first-order chi connectivity index (χ1) is 9.29. The van der Waals surface area contributed by atoms with Crippen LogP contribution < -0.4 is 5.32 Å². The van der Waals surface area contributed by atoms with Crippen molar-refractivity contribution in [2.24, 2.45) is 11.8 Å². The van der Waals surface area contributed by atoms with Crippen molar-refractivity contribution in [3.05, 3.63) is 16.1 Å². The lowest BCUT2D eigenvalue weighted by Crippen LogP contribution is -2.41. The summed E-state index contributed by atoms with van der Waals surface area (Å²) in [4.78, 5) is 27.4. The number of nitrogens with one attached hydrogen (secondary N) is 1. The number of amides is 1. The van der Waals surface area contributed by atoms with Crippen LogP contribution in [0.2, 0.25) is 0 Å². The van der Waals surface area contributed by atoms with Gasteiger partial charge in [-0.25, -0.2) is 9.78 Å². The van der Waals surface area contributed by atoms with E-state index in [4.69, 9.17) is 5.11 Å². The van der Waals surface area contributed by atoms with E-state index in [1.807, 2.05) is 13.8 Å². The third-order valence-electron chi connectivity index (χ3n) is 2.68. The van der Waals surface area contributed by atoms with Gasteiger partial charge >= 0.3 is 5.97 Å². The van der Waals surface area contributed by atoms with E-state index in [-0.39, 0.29) is 5.92 Å². The lowest BCUT2D eigenvalue weighted by Gasteiger charge is -2.15. The first kappa shape index (κ1) is 16.6. The van der Waals surface area contributed by atoms with E-state index in [1.54, 1.807) is 5.38 Å². The van der Waals surface area contributed by atoms with Gasteiger partial charge in [0.15, 0.2) is 0 Å². The highest BCUT2D eigenvalue weighted by molar-refractivity contribution is 7.09. The van der Waals surface area contributed by atoms with Crippen LogP contribution in [0.25, 0.3) is 0 Å². The molecule has 6 heteroatoms. The molecule has 2 N–H and O–H groups in total. The van der Waals surface area contributed by atoms with Crippen LogP contribution in [0, 0.1) is 11.8 Å². The van der Waals surface area contributed by atoms with Gasteiger partial charge in [-0.05, 0) is 18.3 Å². The number of thiazole rings is 1. The number of carboxylic acid groups (broad SMARTS) is 1. The Labute approximate surface area is 123 Å². The number of aliphatic carboxylic acids is 1. The molecule has 1 aromatic rings. The highest BCUT2D eigenvalue weighted by Gasteiger charge is 2.22. The molecule has 1 heterocycles. The molecule has 20 heavy (non-hydrogen) atoms. The molecule has 0 saturated carbocycles. The standard InChI is InChI=1S/C14H22N2O3S/c1-8(2)5-10(14(18)19)16-13(17)11-7-20-12(15-11)6-9(3)4/h7-10H,5-6H2,1-4H3,(H,16,17)(H,18,19)/t10-/m1/s1. The molecule has 0 fully saturated rings. The number of rotatable bonds is 7. The Hall–Kier alpha value is -1.43. The molecule has 1 atom stereocenters. The van der Waals surface area contributed by atoms with Crippen LogP contribution in [0.15, 0.2) is 5.38 Å². The maximum absolute atomic E-state index is 12.0. The molecular weight excluding hydrogens is 276 g/mol. The molecule has 0 unspecified atom stereocenters. The van der Waals surface area contributed by atoms with Gasteiger partial charge in [0.1, 0.15) is 11.7 Å². The molecule has 1 aromatic heterocycles. The molecule has 0 aliphatic carbocycles. The predicted octanol–water partition coefficient (Wildman–Crippen LogP) is 2.57. The number of hydrogen-bond acceptors (Lipinski definition) is 4. The SMILES string of the molecule is CC(C)Cc1nc(C(=O)N[C@H](CC(C)C)C(=O)O)cs1. The summed E-state index contributed by atoms with van der Waals surface area (Å²) in [5, 5.41) is 14.2. The predicted molar refractivity (Wildman–Crippen MR) is 79.0 cm³/mol. The normalized spacial score (nSPS) is 12.7. The van der Waals surface area contributed by atoms with E-state index in [2.05, 4.69) is 24.1 Å². The van der Waals surface area contributed by atoms with Crippen molar-refractivity contribution in [3.63, 3.8) is 0 Å². The molecule has 0 spiro atoms. The Balaban J connectivity index is 2.69. The number of aromatic nitrogens is 1. The van der Waals surface area contributed by atoms with E-state index in [1.165, 1.54) is 11.3 Å². The molecule has 0 bridgehead atoms. The summed E-state index contributed by atoms with van der Waals surface area (Å²) in [6.45, 7) is 8.02. The molecular formula is C14H22N2O3S. The first-order valence-electron chi connectivity index (χ1n) is 6.77. The molecule has 0 aromatic carbocycles. The number of carboxylic acids is 1. The van der Waals surface area contributed by atoms with Gasteiger partial charge in [-0.15, -0.1) is 11.3 Å². The van der Waals surface area contributed by atoms with E-state index in [0.717, 1.165) is 11.4 Å². The van der Waals surface area contributed by atoms with E-state index in [0.29, 0.717) is 18.0 Å².